The summed E-state index contributed by atoms with van der Waals surface area (Å²) in [6.07, 6.45) is 0. The zero-order valence-electron chi connectivity index (χ0n) is 12.1. The maximum absolute atomic E-state index is 11.5. The van der Waals surface area contributed by atoms with Crippen LogP contribution in [0.15, 0.2) is 29.4 Å². The smallest absolute Gasteiger partial charge is 0.236 e. The van der Waals surface area contributed by atoms with Crippen LogP contribution < -0.4 is 5.73 Å². The Morgan fingerprint density at radius 2 is 1.77 bits per heavy atom. The lowest BCUT2D eigenvalue weighted by molar-refractivity contribution is -0.130. The third-order valence-corrected chi connectivity index (χ3v) is 5.06. The molecule has 1 fully saturated rings. The van der Waals surface area contributed by atoms with Crippen molar-refractivity contribution in [1.29, 1.82) is 0 Å². The fraction of sp³-hybridized carbons (Fsp3) is 0.429. The van der Waals surface area contributed by atoms with E-state index in [-0.39, 0.29) is 12.5 Å². The molecule has 1 aliphatic heterocycles. The molecular weight excluding hydrogens is 320 g/mol. The van der Waals surface area contributed by atoms with E-state index in [9.17, 15) is 9.70 Å². The van der Waals surface area contributed by atoms with E-state index < -0.39 is 0 Å². The van der Waals surface area contributed by atoms with Gasteiger partial charge in [-0.2, -0.15) is 0 Å². The van der Waals surface area contributed by atoms with Gasteiger partial charge in [0.05, 0.1) is 6.54 Å². The van der Waals surface area contributed by atoms with Gasteiger partial charge in [0.25, 0.3) is 0 Å². The van der Waals surface area contributed by atoms with Crippen LogP contribution in [-0.4, -0.2) is 52.8 Å². The number of carbonyl (C=O) groups excluding carboxylic acids is 1. The van der Waals surface area contributed by atoms with E-state index in [1.54, 1.807) is 28.8 Å². The average Bonchev–Trinajstić information content (AvgIpc) is 2.59. The number of carbonyl (C=O) groups is 1. The molecule has 0 radical (unpaired) electrons. The van der Waals surface area contributed by atoms with Gasteiger partial charge in [0.1, 0.15) is 10.0 Å². The highest BCUT2D eigenvalue weighted by molar-refractivity contribution is 8.22. The van der Waals surface area contributed by atoms with Crippen molar-refractivity contribution in [3.8, 4) is 0 Å². The first-order chi connectivity index (χ1) is 10.6. The maximum Gasteiger partial charge on any atom is 0.236 e. The highest BCUT2D eigenvalue weighted by Gasteiger charge is 2.21. The summed E-state index contributed by atoms with van der Waals surface area (Å²) in [6, 6.07) is 7.15. The number of nitrogens with zero attached hydrogens (tertiary/aromatic N) is 3. The van der Waals surface area contributed by atoms with Crippen molar-refractivity contribution >= 4 is 39.9 Å². The molecule has 0 aliphatic carbocycles. The summed E-state index contributed by atoms with van der Waals surface area (Å²) in [5.74, 6) is 0.738. The first kappa shape index (κ1) is 16.9. The molecule has 0 bridgehead atoms. The van der Waals surface area contributed by atoms with Crippen molar-refractivity contribution in [2.45, 2.75) is 5.75 Å². The summed E-state index contributed by atoms with van der Waals surface area (Å²) in [7, 11) is 0. The molecule has 0 aromatic heterocycles. The lowest BCUT2D eigenvalue weighted by Gasteiger charge is -2.35. The first-order valence-corrected chi connectivity index (χ1v) is 8.35. The minimum absolute atomic E-state index is 0.0119. The predicted octanol–water partition coefficient (Wildman–Crippen LogP) is 1.71. The fourth-order valence-electron chi connectivity index (χ4n) is 2.16. The number of thiocarbonyl (C=S) groups is 1. The summed E-state index contributed by atoms with van der Waals surface area (Å²) < 4.78 is 0.831. The van der Waals surface area contributed by atoms with E-state index in [0.717, 1.165) is 28.7 Å². The molecule has 0 saturated carbocycles. The van der Waals surface area contributed by atoms with E-state index in [2.05, 4.69) is 10.1 Å². The Labute approximate surface area is 139 Å². The predicted molar refractivity (Wildman–Crippen MR) is 93.0 cm³/mol. The maximum atomic E-state index is 11.5. The SMILES string of the molecule is NCC(=O)N1CCN(C(=S)SCc2ccc(N=O)cc2)CC1. The summed E-state index contributed by atoms with van der Waals surface area (Å²) in [6.45, 7) is 2.87. The molecule has 6 nitrogen and oxygen atoms in total. The lowest BCUT2D eigenvalue weighted by Crippen LogP contribution is -2.51. The number of piperazine rings is 1. The summed E-state index contributed by atoms with van der Waals surface area (Å²) in [5.41, 5.74) is 6.89. The molecule has 0 spiro atoms. The summed E-state index contributed by atoms with van der Waals surface area (Å²) in [5, 5.41) is 2.88. The van der Waals surface area contributed by atoms with Crippen LogP contribution in [-0.2, 0) is 10.5 Å². The zero-order valence-corrected chi connectivity index (χ0v) is 13.7. The van der Waals surface area contributed by atoms with Crippen LogP contribution in [0, 0.1) is 4.91 Å². The van der Waals surface area contributed by atoms with Gasteiger partial charge in [0.15, 0.2) is 0 Å². The van der Waals surface area contributed by atoms with Crippen LogP contribution in [0.2, 0.25) is 0 Å². The average molecular weight is 338 g/mol. The monoisotopic (exact) mass is 338 g/mol. The van der Waals surface area contributed by atoms with Gasteiger partial charge in [-0.3, -0.25) is 4.79 Å². The Hall–Kier alpha value is -1.51. The topological polar surface area (TPSA) is 79.0 Å². The van der Waals surface area contributed by atoms with Gasteiger partial charge in [-0.15, -0.1) is 4.91 Å². The Bertz CT molecular complexity index is 542. The molecule has 1 saturated heterocycles. The number of benzene rings is 1. The molecule has 22 heavy (non-hydrogen) atoms. The fourth-order valence-corrected chi connectivity index (χ4v) is 3.36. The highest BCUT2D eigenvalue weighted by atomic mass is 32.2. The second kappa shape index (κ2) is 8.21. The van der Waals surface area contributed by atoms with Gasteiger partial charge >= 0.3 is 0 Å². The quantitative estimate of drug-likeness (QED) is 0.665. The van der Waals surface area contributed by atoms with Crippen LogP contribution in [0.4, 0.5) is 5.69 Å². The molecule has 1 aromatic rings. The van der Waals surface area contributed by atoms with Crippen molar-refractivity contribution in [1.82, 2.24) is 9.80 Å². The van der Waals surface area contributed by atoms with Crippen molar-refractivity contribution in [3.63, 3.8) is 0 Å². The molecular formula is C14H18N4O2S2. The zero-order chi connectivity index (χ0) is 15.9. The third kappa shape index (κ3) is 4.49. The number of hydrogen-bond donors (Lipinski definition) is 1. The number of hydrogen-bond acceptors (Lipinski definition) is 6. The third-order valence-electron chi connectivity index (χ3n) is 3.47. The largest absolute Gasteiger partial charge is 0.354 e. The van der Waals surface area contributed by atoms with Gasteiger partial charge < -0.3 is 15.5 Å². The second-order valence-electron chi connectivity index (χ2n) is 4.88. The standard InChI is InChI=1S/C14H18N4O2S2/c15-9-13(19)17-5-7-18(8-6-17)14(21)22-10-11-1-3-12(16-20)4-2-11/h1-4H,5-10,15H2. The second-order valence-corrected chi connectivity index (χ2v) is 6.49. The van der Waals surface area contributed by atoms with E-state index in [1.807, 2.05) is 12.1 Å². The number of nitrogens with two attached hydrogens (primary N) is 1. The number of nitroso groups, excluding NO2 is 1. The number of amides is 1. The minimum atomic E-state index is -0.0119. The Balaban J connectivity index is 1.78. The lowest BCUT2D eigenvalue weighted by atomic mass is 10.2. The molecule has 1 aliphatic rings. The van der Waals surface area contributed by atoms with Crippen molar-refractivity contribution < 1.29 is 4.79 Å². The van der Waals surface area contributed by atoms with Gasteiger partial charge in [-0.25, -0.2) is 0 Å². The molecule has 1 amide bonds. The van der Waals surface area contributed by atoms with Crippen molar-refractivity contribution in [3.05, 3.63) is 34.7 Å². The van der Waals surface area contributed by atoms with Crippen LogP contribution >= 0.6 is 24.0 Å². The van der Waals surface area contributed by atoms with Crippen LogP contribution in [0.25, 0.3) is 0 Å². The first-order valence-electron chi connectivity index (χ1n) is 6.96. The van der Waals surface area contributed by atoms with Crippen LogP contribution in [0.1, 0.15) is 5.56 Å². The van der Waals surface area contributed by atoms with Gasteiger partial charge in [0, 0.05) is 31.9 Å². The molecule has 1 aromatic carbocycles. The number of rotatable bonds is 4. The molecule has 8 heteroatoms. The Morgan fingerprint density at radius 3 is 2.32 bits per heavy atom. The number of thioether (sulfide) groups is 1. The van der Waals surface area contributed by atoms with E-state index >= 15 is 0 Å². The molecule has 1 heterocycles. The molecule has 118 valence electrons. The normalized spacial score (nSPS) is 14.8. The summed E-state index contributed by atoms with van der Waals surface area (Å²) >= 11 is 7.03. The van der Waals surface area contributed by atoms with Gasteiger partial charge in [-0.05, 0) is 22.9 Å². The van der Waals surface area contributed by atoms with E-state index in [4.69, 9.17) is 18.0 Å². The highest BCUT2D eigenvalue weighted by Crippen LogP contribution is 2.20. The molecule has 0 atom stereocenters. The molecule has 0 unspecified atom stereocenters. The van der Waals surface area contributed by atoms with Gasteiger partial charge in [-0.1, -0.05) is 36.1 Å². The van der Waals surface area contributed by atoms with Crippen LogP contribution in [0.5, 0.6) is 0 Å². The molecule has 2 N–H and O–H groups in total. The van der Waals surface area contributed by atoms with E-state index in [0.29, 0.717) is 18.8 Å². The summed E-state index contributed by atoms with van der Waals surface area (Å²) in [4.78, 5) is 25.8. The van der Waals surface area contributed by atoms with Crippen molar-refractivity contribution in [2.24, 2.45) is 10.9 Å². The molecule has 2 rings (SSSR count). The van der Waals surface area contributed by atoms with Crippen LogP contribution in [0.3, 0.4) is 0 Å². The minimum Gasteiger partial charge on any atom is -0.354 e. The van der Waals surface area contributed by atoms with Crippen molar-refractivity contribution in [2.75, 3.05) is 32.7 Å². The Kier molecular flexibility index (Phi) is 6.29. The van der Waals surface area contributed by atoms with Gasteiger partial charge in [0.2, 0.25) is 5.91 Å². The Morgan fingerprint density at radius 1 is 1.18 bits per heavy atom. The van der Waals surface area contributed by atoms with E-state index in [1.165, 1.54) is 0 Å².